The Kier molecular flexibility index (Phi) is 4.96. The van der Waals surface area contributed by atoms with Crippen molar-refractivity contribution in [2.75, 3.05) is 18.8 Å². The van der Waals surface area contributed by atoms with E-state index in [0.717, 1.165) is 37.7 Å². The lowest BCUT2D eigenvalue weighted by Crippen LogP contribution is -2.31. The van der Waals surface area contributed by atoms with Crippen LogP contribution in [0.3, 0.4) is 0 Å². The smallest absolute Gasteiger partial charge is 0.313 e. The Morgan fingerprint density at radius 3 is 2.55 bits per heavy atom. The van der Waals surface area contributed by atoms with Crippen molar-refractivity contribution in [1.82, 2.24) is 19.7 Å². The molecule has 9 heteroatoms. The fraction of sp³-hybridized carbons (Fsp3) is 0.636. The number of carbonyl (C=O) groups is 2. The molecule has 0 atom stereocenters. The fourth-order valence-corrected chi connectivity index (χ4v) is 2.71. The first kappa shape index (κ1) is 14.8. The number of thioether (sulfide) groups is 1. The minimum Gasteiger partial charge on any atom is -0.481 e. The van der Waals surface area contributed by atoms with Gasteiger partial charge in [0.25, 0.3) is 0 Å². The van der Waals surface area contributed by atoms with Crippen molar-refractivity contribution in [3.63, 3.8) is 0 Å². The number of aliphatic hydroxyl groups excluding tert-OH is 1. The molecule has 1 aromatic rings. The van der Waals surface area contributed by atoms with Gasteiger partial charge in [-0.1, -0.05) is 11.8 Å². The molecule has 1 aliphatic heterocycles. The predicted molar refractivity (Wildman–Crippen MR) is 70.1 cm³/mol. The van der Waals surface area contributed by atoms with Crippen LogP contribution in [0.1, 0.15) is 18.7 Å². The molecule has 2 heterocycles. The lowest BCUT2D eigenvalue weighted by molar-refractivity contribution is -0.134. The van der Waals surface area contributed by atoms with E-state index in [2.05, 4.69) is 10.2 Å². The summed E-state index contributed by atoms with van der Waals surface area (Å²) in [6.45, 7) is 1.18. The number of aliphatic hydroxyl groups is 1. The van der Waals surface area contributed by atoms with E-state index < -0.39 is 5.97 Å². The molecule has 0 radical (unpaired) electrons. The lowest BCUT2D eigenvalue weighted by atomic mass is 10.4. The molecule has 1 aromatic heterocycles. The Morgan fingerprint density at radius 2 is 1.95 bits per heavy atom. The summed E-state index contributed by atoms with van der Waals surface area (Å²) < 4.78 is 1.48. The lowest BCUT2D eigenvalue weighted by Gasteiger charge is -2.16. The highest BCUT2D eigenvalue weighted by Gasteiger charge is 2.21. The molecule has 8 nitrogen and oxygen atoms in total. The largest absolute Gasteiger partial charge is 0.481 e. The minimum absolute atomic E-state index is 0.0326. The molecule has 1 amide bonds. The van der Waals surface area contributed by atoms with Crippen LogP contribution in [-0.2, 0) is 22.7 Å². The number of hydrogen-bond acceptors (Lipinski definition) is 6. The first-order chi connectivity index (χ1) is 9.61. The van der Waals surface area contributed by atoms with E-state index >= 15 is 0 Å². The molecule has 0 aliphatic carbocycles. The zero-order valence-electron chi connectivity index (χ0n) is 10.9. The van der Waals surface area contributed by atoms with Crippen LogP contribution < -0.4 is 0 Å². The Hall–Kier alpha value is -1.61. The molecule has 0 saturated carbocycles. The van der Waals surface area contributed by atoms with Gasteiger partial charge in [0.05, 0.1) is 5.75 Å². The summed E-state index contributed by atoms with van der Waals surface area (Å²) in [6, 6.07) is 0. The van der Waals surface area contributed by atoms with Crippen LogP contribution in [0, 0.1) is 0 Å². The third-order valence-corrected chi connectivity index (χ3v) is 3.96. The second-order valence-electron chi connectivity index (χ2n) is 4.41. The highest BCUT2D eigenvalue weighted by molar-refractivity contribution is 7.99. The number of aliphatic carboxylic acids is 1. The minimum atomic E-state index is -0.971. The third-order valence-electron chi connectivity index (χ3n) is 3.01. The number of likely N-dealkylation sites (tertiary alicyclic amines) is 1. The summed E-state index contributed by atoms with van der Waals surface area (Å²) >= 11 is 0.984. The van der Waals surface area contributed by atoms with Gasteiger partial charge in [0, 0.05) is 13.1 Å². The van der Waals surface area contributed by atoms with Gasteiger partial charge in [0.15, 0.2) is 11.0 Å². The van der Waals surface area contributed by atoms with Crippen molar-refractivity contribution < 1.29 is 19.8 Å². The average Bonchev–Trinajstić information content (AvgIpc) is 3.05. The number of rotatable bonds is 6. The zero-order valence-corrected chi connectivity index (χ0v) is 11.7. The van der Waals surface area contributed by atoms with Crippen LogP contribution >= 0.6 is 11.8 Å². The quantitative estimate of drug-likeness (QED) is 0.686. The van der Waals surface area contributed by atoms with Crippen LogP contribution in [0.4, 0.5) is 0 Å². The van der Waals surface area contributed by atoms with E-state index in [1.54, 1.807) is 4.90 Å². The molecule has 0 spiro atoms. The van der Waals surface area contributed by atoms with Crippen LogP contribution in [0.2, 0.25) is 0 Å². The molecule has 110 valence electrons. The van der Waals surface area contributed by atoms with Gasteiger partial charge in [-0.3, -0.25) is 14.2 Å². The number of hydrogen-bond donors (Lipinski definition) is 2. The van der Waals surface area contributed by atoms with Crippen LogP contribution in [-0.4, -0.2) is 60.6 Å². The predicted octanol–water partition coefficient (Wildman–Crippen LogP) is -0.431. The average molecular weight is 300 g/mol. The number of aromatic nitrogens is 3. The third kappa shape index (κ3) is 3.48. The van der Waals surface area contributed by atoms with Gasteiger partial charge >= 0.3 is 5.97 Å². The van der Waals surface area contributed by atoms with Crippen LogP contribution in [0.5, 0.6) is 0 Å². The van der Waals surface area contributed by atoms with Crippen LogP contribution in [0.25, 0.3) is 0 Å². The Bertz CT molecular complexity index is 499. The van der Waals surface area contributed by atoms with Crippen molar-refractivity contribution in [3.8, 4) is 0 Å². The number of amides is 1. The molecule has 1 aliphatic rings. The number of carboxylic acids is 1. The highest BCUT2D eigenvalue weighted by atomic mass is 32.2. The summed E-state index contributed by atoms with van der Waals surface area (Å²) in [5.74, 6) is -0.929. The Labute approximate surface area is 119 Å². The second kappa shape index (κ2) is 6.71. The van der Waals surface area contributed by atoms with E-state index in [0.29, 0.717) is 5.16 Å². The second-order valence-corrected chi connectivity index (χ2v) is 5.36. The van der Waals surface area contributed by atoms with Gasteiger partial charge in [-0.15, -0.1) is 10.2 Å². The summed E-state index contributed by atoms with van der Waals surface area (Å²) in [5, 5.41) is 25.8. The molecule has 2 N–H and O–H groups in total. The summed E-state index contributed by atoms with van der Waals surface area (Å²) in [5.41, 5.74) is 0. The molecular formula is C11H16N4O4S. The number of nitrogens with zero attached hydrogens (tertiary/aromatic N) is 4. The van der Waals surface area contributed by atoms with Crippen LogP contribution in [0.15, 0.2) is 5.16 Å². The fourth-order valence-electron chi connectivity index (χ4n) is 2.03. The number of carboxylic acid groups (broad SMARTS) is 1. The normalized spacial score (nSPS) is 14.8. The SMILES string of the molecule is O=C(O)CSc1nnc(CO)n1CC(=O)N1CCCC1. The van der Waals surface area contributed by atoms with E-state index in [4.69, 9.17) is 5.11 Å². The Morgan fingerprint density at radius 1 is 1.25 bits per heavy atom. The molecule has 0 bridgehead atoms. The van der Waals surface area contributed by atoms with Gasteiger partial charge in [-0.2, -0.15) is 0 Å². The molecular weight excluding hydrogens is 284 g/mol. The summed E-state index contributed by atoms with van der Waals surface area (Å²) in [4.78, 5) is 24.5. The molecule has 1 fully saturated rings. The molecule has 2 rings (SSSR count). The van der Waals surface area contributed by atoms with Gasteiger partial charge in [0.1, 0.15) is 13.2 Å². The van der Waals surface area contributed by atoms with Gasteiger partial charge in [0.2, 0.25) is 5.91 Å². The van der Waals surface area contributed by atoms with Crippen molar-refractivity contribution in [2.45, 2.75) is 31.1 Å². The van der Waals surface area contributed by atoms with Gasteiger partial charge in [-0.05, 0) is 12.8 Å². The van der Waals surface area contributed by atoms with Crippen molar-refractivity contribution in [3.05, 3.63) is 5.82 Å². The van der Waals surface area contributed by atoms with Gasteiger partial charge < -0.3 is 15.1 Å². The first-order valence-electron chi connectivity index (χ1n) is 6.27. The summed E-state index contributed by atoms with van der Waals surface area (Å²) in [7, 11) is 0. The molecule has 0 unspecified atom stereocenters. The maximum atomic E-state index is 12.1. The molecule has 1 saturated heterocycles. The summed E-state index contributed by atoms with van der Waals surface area (Å²) in [6.07, 6.45) is 2.00. The van der Waals surface area contributed by atoms with E-state index in [9.17, 15) is 14.7 Å². The topological polar surface area (TPSA) is 109 Å². The molecule has 0 aromatic carbocycles. The van der Waals surface area contributed by atoms with Crippen molar-refractivity contribution >= 4 is 23.6 Å². The van der Waals surface area contributed by atoms with E-state index in [1.807, 2.05) is 0 Å². The monoisotopic (exact) mass is 300 g/mol. The van der Waals surface area contributed by atoms with E-state index in [-0.39, 0.29) is 30.6 Å². The van der Waals surface area contributed by atoms with Crippen molar-refractivity contribution in [2.24, 2.45) is 0 Å². The maximum Gasteiger partial charge on any atom is 0.313 e. The zero-order chi connectivity index (χ0) is 14.5. The van der Waals surface area contributed by atoms with E-state index in [1.165, 1.54) is 4.57 Å². The first-order valence-corrected chi connectivity index (χ1v) is 7.25. The molecule has 20 heavy (non-hydrogen) atoms. The standard InChI is InChI=1S/C11H16N4O4S/c16-6-8-12-13-11(20-7-10(18)19)15(8)5-9(17)14-3-1-2-4-14/h16H,1-7H2,(H,18,19). The highest BCUT2D eigenvalue weighted by Crippen LogP contribution is 2.18. The number of carbonyl (C=O) groups excluding carboxylic acids is 1. The van der Waals surface area contributed by atoms with Crippen molar-refractivity contribution in [1.29, 1.82) is 0 Å². The Balaban J connectivity index is 2.09. The van der Waals surface area contributed by atoms with Gasteiger partial charge in [-0.25, -0.2) is 0 Å². The maximum absolute atomic E-state index is 12.1.